The number of halogens is 1. The summed E-state index contributed by atoms with van der Waals surface area (Å²) < 4.78 is 8.59. The van der Waals surface area contributed by atoms with E-state index in [2.05, 4.69) is 15.3 Å². The Morgan fingerprint density at radius 2 is 2.24 bits per heavy atom. The van der Waals surface area contributed by atoms with Crippen molar-refractivity contribution in [3.05, 3.63) is 23.5 Å². The fraction of sp³-hybridized carbons (Fsp3) is 0.500. The van der Waals surface area contributed by atoms with E-state index < -0.39 is 0 Å². The van der Waals surface area contributed by atoms with Crippen LogP contribution >= 0.6 is 11.6 Å². The molecule has 2 heterocycles. The molecule has 0 N–H and O–H groups in total. The van der Waals surface area contributed by atoms with Gasteiger partial charge in [0, 0.05) is 19.7 Å². The van der Waals surface area contributed by atoms with E-state index in [4.69, 9.17) is 16.3 Å². The van der Waals surface area contributed by atoms with Crippen LogP contribution < -0.4 is 0 Å². The molecule has 7 heteroatoms. The van der Waals surface area contributed by atoms with Crippen LogP contribution in [0, 0.1) is 0 Å². The van der Waals surface area contributed by atoms with Crippen molar-refractivity contribution in [2.24, 2.45) is 0 Å². The Balaban J connectivity index is 2.26. The quantitative estimate of drug-likeness (QED) is 0.809. The maximum absolute atomic E-state index is 6.00. The van der Waals surface area contributed by atoms with Gasteiger partial charge >= 0.3 is 0 Å². The summed E-state index contributed by atoms with van der Waals surface area (Å²) in [4.78, 5) is 0. The Morgan fingerprint density at radius 1 is 1.41 bits per heavy atom. The summed E-state index contributed by atoms with van der Waals surface area (Å²) >= 11 is 6.00. The Kier molecular flexibility index (Phi) is 3.75. The van der Waals surface area contributed by atoms with Crippen molar-refractivity contribution < 1.29 is 4.74 Å². The highest BCUT2D eigenvalue weighted by Gasteiger charge is 2.12. The van der Waals surface area contributed by atoms with Crippen LogP contribution in [0.2, 0.25) is 5.28 Å². The van der Waals surface area contributed by atoms with Gasteiger partial charge in [0.2, 0.25) is 5.28 Å². The molecule has 0 aromatic carbocycles. The summed E-state index contributed by atoms with van der Waals surface area (Å²) in [6.07, 6.45) is 4.40. The zero-order valence-electron chi connectivity index (χ0n) is 9.80. The van der Waals surface area contributed by atoms with Gasteiger partial charge in [-0.25, -0.2) is 0 Å². The highest BCUT2D eigenvalue weighted by atomic mass is 35.5. The molecule has 6 nitrogen and oxygen atoms in total. The molecule has 0 saturated heterocycles. The molecule has 0 bridgehead atoms. The van der Waals surface area contributed by atoms with E-state index in [0.717, 1.165) is 17.9 Å². The van der Waals surface area contributed by atoms with Gasteiger partial charge in [0.25, 0.3) is 0 Å². The fourth-order valence-corrected chi connectivity index (χ4v) is 1.79. The topological polar surface area (TPSA) is 57.8 Å². The molecule has 0 aliphatic heterocycles. The summed E-state index contributed by atoms with van der Waals surface area (Å²) in [6, 6.07) is 0. The summed E-state index contributed by atoms with van der Waals surface area (Å²) in [5, 5.41) is 12.4. The van der Waals surface area contributed by atoms with Crippen molar-refractivity contribution in [3.8, 4) is 5.69 Å². The molecule has 2 aromatic heterocycles. The normalized spacial score (nSPS) is 11.0. The molecule has 0 fully saturated rings. The van der Waals surface area contributed by atoms with Crippen molar-refractivity contribution in [2.45, 2.75) is 19.9 Å². The number of hydrogen-bond donors (Lipinski definition) is 0. The highest BCUT2D eigenvalue weighted by molar-refractivity contribution is 6.28. The lowest BCUT2D eigenvalue weighted by Gasteiger charge is -2.02. The minimum atomic E-state index is 0.355. The summed E-state index contributed by atoms with van der Waals surface area (Å²) in [5.74, 6) is 0.821. The number of aryl methyl sites for hydroxylation is 1. The Labute approximate surface area is 104 Å². The smallest absolute Gasteiger partial charge is 0.229 e. The number of aromatic nitrogens is 5. The van der Waals surface area contributed by atoms with Gasteiger partial charge in [-0.3, -0.25) is 9.25 Å². The predicted octanol–water partition coefficient (Wildman–Crippen LogP) is 1.33. The van der Waals surface area contributed by atoms with E-state index in [1.165, 1.54) is 0 Å². The van der Waals surface area contributed by atoms with Gasteiger partial charge in [0.1, 0.15) is 5.82 Å². The second kappa shape index (κ2) is 5.29. The molecule has 0 aliphatic carbocycles. The third-order valence-corrected chi connectivity index (χ3v) is 2.65. The second-order valence-corrected chi connectivity index (χ2v) is 3.87. The van der Waals surface area contributed by atoms with Crippen LogP contribution in [-0.2, 0) is 17.7 Å². The van der Waals surface area contributed by atoms with E-state index in [1.54, 1.807) is 22.6 Å². The Morgan fingerprint density at radius 3 is 2.94 bits per heavy atom. The molecule has 0 atom stereocenters. The van der Waals surface area contributed by atoms with Gasteiger partial charge in [-0.1, -0.05) is 6.92 Å². The first-order valence-electron chi connectivity index (χ1n) is 5.37. The maximum atomic E-state index is 6.00. The third-order valence-electron chi connectivity index (χ3n) is 2.41. The average Bonchev–Trinajstić information content (AvgIpc) is 2.92. The average molecular weight is 256 g/mol. The summed E-state index contributed by atoms with van der Waals surface area (Å²) in [7, 11) is 1.66. The van der Waals surface area contributed by atoms with Crippen LogP contribution in [0.3, 0.4) is 0 Å². The van der Waals surface area contributed by atoms with Crippen LogP contribution in [0.25, 0.3) is 5.69 Å². The lowest BCUT2D eigenvalue weighted by Crippen LogP contribution is -2.04. The van der Waals surface area contributed by atoms with E-state index >= 15 is 0 Å². The third kappa shape index (κ3) is 2.48. The van der Waals surface area contributed by atoms with Gasteiger partial charge < -0.3 is 4.74 Å². The molecule has 0 aliphatic rings. The zero-order chi connectivity index (χ0) is 12.3. The molecule has 0 spiro atoms. The van der Waals surface area contributed by atoms with E-state index in [1.807, 2.05) is 13.1 Å². The minimum absolute atomic E-state index is 0.355. The van der Waals surface area contributed by atoms with Crippen molar-refractivity contribution in [2.75, 3.05) is 13.7 Å². The molecule has 92 valence electrons. The molecule has 0 unspecified atom stereocenters. The van der Waals surface area contributed by atoms with Crippen molar-refractivity contribution in [3.63, 3.8) is 0 Å². The number of methoxy groups -OCH3 is 1. The molecular formula is C10H14ClN5O. The molecule has 0 radical (unpaired) electrons. The highest BCUT2D eigenvalue weighted by Crippen LogP contribution is 2.16. The standard InChI is InChI=1S/C10H14ClN5O/c1-3-9-13-14-10(11)16(9)8-6-12-15(7-8)4-5-17-2/h6-7H,3-5H2,1-2H3. The van der Waals surface area contributed by atoms with E-state index in [0.29, 0.717) is 18.4 Å². The SMILES string of the molecule is CCc1nnc(Cl)n1-c1cnn(CCOC)c1. The van der Waals surface area contributed by atoms with Crippen LogP contribution in [-0.4, -0.2) is 38.3 Å². The number of rotatable bonds is 5. The van der Waals surface area contributed by atoms with E-state index in [9.17, 15) is 0 Å². The molecule has 2 aromatic rings. The van der Waals surface area contributed by atoms with E-state index in [-0.39, 0.29) is 0 Å². The van der Waals surface area contributed by atoms with Crippen molar-refractivity contribution in [1.82, 2.24) is 24.5 Å². The van der Waals surface area contributed by atoms with Gasteiger partial charge in [-0.2, -0.15) is 5.10 Å². The largest absolute Gasteiger partial charge is 0.383 e. The fourth-order valence-electron chi connectivity index (χ4n) is 1.55. The Hall–Kier alpha value is -1.40. The number of ether oxygens (including phenoxy) is 1. The van der Waals surface area contributed by atoms with Gasteiger partial charge in [-0.05, 0) is 11.6 Å². The number of nitrogens with zero attached hydrogens (tertiary/aromatic N) is 5. The first-order valence-corrected chi connectivity index (χ1v) is 5.75. The molecular weight excluding hydrogens is 242 g/mol. The zero-order valence-corrected chi connectivity index (χ0v) is 10.6. The van der Waals surface area contributed by atoms with Crippen LogP contribution in [0.4, 0.5) is 0 Å². The lowest BCUT2D eigenvalue weighted by atomic mass is 10.4. The molecule has 17 heavy (non-hydrogen) atoms. The lowest BCUT2D eigenvalue weighted by molar-refractivity contribution is 0.183. The van der Waals surface area contributed by atoms with Crippen molar-refractivity contribution in [1.29, 1.82) is 0 Å². The molecule has 0 amide bonds. The molecule has 2 rings (SSSR count). The second-order valence-electron chi connectivity index (χ2n) is 3.53. The monoisotopic (exact) mass is 255 g/mol. The summed E-state index contributed by atoms with van der Waals surface area (Å²) in [5.41, 5.74) is 0.868. The van der Waals surface area contributed by atoms with Crippen LogP contribution in [0.15, 0.2) is 12.4 Å². The molecule has 0 saturated carbocycles. The first kappa shape index (κ1) is 12.1. The van der Waals surface area contributed by atoms with Gasteiger partial charge in [-0.15, -0.1) is 10.2 Å². The van der Waals surface area contributed by atoms with Gasteiger partial charge in [0.15, 0.2) is 0 Å². The first-order chi connectivity index (χ1) is 8.26. The van der Waals surface area contributed by atoms with Crippen molar-refractivity contribution >= 4 is 11.6 Å². The maximum Gasteiger partial charge on any atom is 0.229 e. The number of hydrogen-bond acceptors (Lipinski definition) is 4. The summed E-state index contributed by atoms with van der Waals surface area (Å²) in [6.45, 7) is 3.33. The van der Waals surface area contributed by atoms with Crippen LogP contribution in [0.5, 0.6) is 0 Å². The minimum Gasteiger partial charge on any atom is -0.383 e. The Bertz CT molecular complexity index is 493. The van der Waals surface area contributed by atoms with Gasteiger partial charge in [0.05, 0.1) is 25.0 Å². The van der Waals surface area contributed by atoms with Crippen LogP contribution in [0.1, 0.15) is 12.7 Å². The predicted molar refractivity (Wildman–Crippen MR) is 63.4 cm³/mol.